The Labute approximate surface area is 79.3 Å². The summed E-state index contributed by atoms with van der Waals surface area (Å²) in [5.41, 5.74) is 5.79. The fraction of sp³-hybridized carbons (Fsp3) is 0. The second-order valence-electron chi connectivity index (χ2n) is 2.65. The lowest BCUT2D eigenvalue weighted by atomic mass is 10.2. The third kappa shape index (κ3) is 1.02. The number of fused-ring (bicyclic) bond motifs is 1. The minimum absolute atomic E-state index is 0.177. The summed E-state index contributed by atoms with van der Waals surface area (Å²) in [6.45, 7) is 0. The summed E-state index contributed by atoms with van der Waals surface area (Å²) in [6.07, 6.45) is 0. The smallest absolute Gasteiger partial charge is 0.340 e. The van der Waals surface area contributed by atoms with Crippen LogP contribution in [0.15, 0.2) is 18.2 Å². The summed E-state index contributed by atoms with van der Waals surface area (Å²) >= 11 is 0. The molecule has 0 spiro atoms. The van der Waals surface area contributed by atoms with Crippen molar-refractivity contribution in [3.8, 4) is 6.07 Å². The third-order valence-electron chi connectivity index (χ3n) is 1.84. The molecular formula is C9H5N4O. The minimum atomic E-state index is -0.706. The summed E-state index contributed by atoms with van der Waals surface area (Å²) in [5, 5.41) is 13.1. The van der Waals surface area contributed by atoms with Gasteiger partial charge in [-0.25, -0.2) is 4.79 Å². The van der Waals surface area contributed by atoms with E-state index in [1.807, 2.05) is 6.07 Å². The monoisotopic (exact) mass is 185 g/mol. The first-order chi connectivity index (χ1) is 6.74. The van der Waals surface area contributed by atoms with E-state index in [0.717, 1.165) is 4.68 Å². The van der Waals surface area contributed by atoms with Crippen LogP contribution in [0.1, 0.15) is 5.69 Å². The van der Waals surface area contributed by atoms with Gasteiger partial charge in [0, 0.05) is 5.39 Å². The number of nitriles is 1. The van der Waals surface area contributed by atoms with Gasteiger partial charge in [0.15, 0.2) is 5.69 Å². The lowest BCUT2D eigenvalue weighted by Crippen LogP contribution is -2.20. The second kappa shape index (κ2) is 2.85. The number of nitrogens with zero attached hydrogens (tertiary/aromatic N) is 3. The average molecular weight is 185 g/mol. The van der Waals surface area contributed by atoms with Crippen LogP contribution >= 0.6 is 0 Å². The van der Waals surface area contributed by atoms with Crippen molar-refractivity contribution in [1.29, 1.82) is 5.26 Å². The molecule has 1 heterocycles. The Bertz CT molecular complexity index is 549. The Balaban J connectivity index is 2.88. The first kappa shape index (κ1) is 8.26. The molecule has 5 nitrogen and oxygen atoms in total. The van der Waals surface area contributed by atoms with Gasteiger partial charge in [0.1, 0.15) is 6.07 Å². The average Bonchev–Trinajstić information content (AvgIpc) is 2.56. The van der Waals surface area contributed by atoms with Crippen molar-refractivity contribution >= 4 is 16.9 Å². The topological polar surface area (TPSA) is 84.7 Å². The predicted octanol–water partition coefficient (Wildman–Crippen LogP) is 0.635. The molecule has 0 saturated carbocycles. The number of hydrogen-bond donors (Lipinski definition) is 1. The maximum absolute atomic E-state index is 10.9. The van der Waals surface area contributed by atoms with Gasteiger partial charge in [-0.1, -0.05) is 6.07 Å². The van der Waals surface area contributed by atoms with Crippen LogP contribution in [0.3, 0.4) is 0 Å². The van der Waals surface area contributed by atoms with E-state index in [9.17, 15) is 4.79 Å². The van der Waals surface area contributed by atoms with Crippen LogP contribution in [0.4, 0.5) is 4.79 Å². The maximum Gasteiger partial charge on any atom is 0.340 e. The van der Waals surface area contributed by atoms with E-state index >= 15 is 0 Å². The van der Waals surface area contributed by atoms with Crippen LogP contribution in [0.5, 0.6) is 0 Å². The van der Waals surface area contributed by atoms with Gasteiger partial charge in [0.2, 0.25) is 0 Å². The molecule has 0 atom stereocenters. The number of amides is 1. The van der Waals surface area contributed by atoms with Gasteiger partial charge in [-0.15, -0.1) is 0 Å². The van der Waals surface area contributed by atoms with Crippen LogP contribution < -0.4 is 5.73 Å². The highest BCUT2D eigenvalue weighted by molar-refractivity contribution is 5.92. The van der Waals surface area contributed by atoms with Gasteiger partial charge < -0.3 is 5.73 Å². The Hall–Kier alpha value is -2.35. The van der Waals surface area contributed by atoms with E-state index in [-0.39, 0.29) is 5.69 Å². The van der Waals surface area contributed by atoms with E-state index in [1.165, 1.54) is 0 Å². The third-order valence-corrected chi connectivity index (χ3v) is 1.84. The molecule has 1 amide bonds. The molecule has 0 fully saturated rings. The van der Waals surface area contributed by atoms with E-state index in [2.05, 4.69) is 11.2 Å². The number of benzene rings is 1. The first-order valence-electron chi connectivity index (χ1n) is 3.83. The highest BCUT2D eigenvalue weighted by Crippen LogP contribution is 2.16. The van der Waals surface area contributed by atoms with Crippen LogP contribution in [0.25, 0.3) is 10.9 Å². The molecule has 5 heteroatoms. The molecule has 14 heavy (non-hydrogen) atoms. The number of rotatable bonds is 0. The molecular weight excluding hydrogens is 180 g/mol. The van der Waals surface area contributed by atoms with Crippen LogP contribution in [0, 0.1) is 17.4 Å². The summed E-state index contributed by atoms with van der Waals surface area (Å²) in [7, 11) is 0. The Morgan fingerprint density at radius 3 is 3.14 bits per heavy atom. The molecule has 0 aliphatic carbocycles. The van der Waals surface area contributed by atoms with E-state index < -0.39 is 6.03 Å². The number of carbonyl (C=O) groups is 1. The van der Waals surface area contributed by atoms with Gasteiger partial charge in [-0.3, -0.25) is 0 Å². The lowest BCUT2D eigenvalue weighted by Gasteiger charge is -1.93. The van der Waals surface area contributed by atoms with Crippen molar-refractivity contribution in [2.75, 3.05) is 0 Å². The molecule has 2 rings (SSSR count). The molecule has 0 bridgehead atoms. The number of primary amides is 1. The zero-order valence-corrected chi connectivity index (χ0v) is 7.06. The summed E-state index contributed by atoms with van der Waals surface area (Å²) in [6, 6.07) is 8.85. The van der Waals surface area contributed by atoms with E-state index in [4.69, 9.17) is 11.0 Å². The highest BCUT2D eigenvalue weighted by Gasteiger charge is 2.11. The first-order valence-corrected chi connectivity index (χ1v) is 3.83. The molecule has 1 aromatic heterocycles. The standard InChI is InChI=1S/C9H5N4O/c10-5-7-6-3-1-2-4-8(6)13(12-7)9(11)14/h2-4H,(H2,11,14). The fourth-order valence-corrected chi connectivity index (χ4v) is 1.25. The Kier molecular flexibility index (Phi) is 1.68. The normalized spacial score (nSPS) is 9.93. The highest BCUT2D eigenvalue weighted by atomic mass is 16.2. The molecule has 0 saturated heterocycles. The van der Waals surface area contributed by atoms with E-state index in [1.54, 1.807) is 18.2 Å². The van der Waals surface area contributed by atoms with Gasteiger partial charge in [-0.2, -0.15) is 15.0 Å². The molecule has 0 aliphatic heterocycles. The maximum atomic E-state index is 10.9. The summed E-state index contributed by atoms with van der Waals surface area (Å²) in [4.78, 5) is 10.9. The zero-order chi connectivity index (χ0) is 10.1. The molecule has 0 aliphatic rings. The molecule has 2 N–H and O–H groups in total. The molecule has 67 valence electrons. The van der Waals surface area contributed by atoms with Crippen LogP contribution in [-0.2, 0) is 0 Å². The number of hydrogen-bond acceptors (Lipinski definition) is 3. The van der Waals surface area contributed by atoms with Crippen molar-refractivity contribution in [1.82, 2.24) is 9.78 Å². The van der Waals surface area contributed by atoms with Crippen molar-refractivity contribution in [3.63, 3.8) is 0 Å². The van der Waals surface area contributed by atoms with E-state index in [0.29, 0.717) is 10.9 Å². The molecule has 0 unspecified atom stereocenters. The van der Waals surface area contributed by atoms with Crippen molar-refractivity contribution in [2.24, 2.45) is 5.73 Å². The Morgan fingerprint density at radius 1 is 1.71 bits per heavy atom. The molecule has 2 aromatic rings. The van der Waals surface area contributed by atoms with Gasteiger partial charge in [0.25, 0.3) is 0 Å². The van der Waals surface area contributed by atoms with Crippen LogP contribution in [-0.4, -0.2) is 15.8 Å². The lowest BCUT2D eigenvalue weighted by molar-refractivity contribution is 0.248. The second-order valence-corrected chi connectivity index (χ2v) is 2.65. The zero-order valence-electron chi connectivity index (χ0n) is 7.06. The summed E-state index contributed by atoms with van der Waals surface area (Å²) < 4.78 is 1.00. The predicted molar refractivity (Wildman–Crippen MR) is 48.3 cm³/mol. The van der Waals surface area contributed by atoms with Gasteiger partial charge in [0.05, 0.1) is 5.52 Å². The minimum Gasteiger partial charge on any atom is -0.350 e. The quantitative estimate of drug-likeness (QED) is 0.653. The number of carbonyl (C=O) groups excluding carboxylic acids is 1. The largest absolute Gasteiger partial charge is 0.350 e. The number of nitrogens with two attached hydrogens (primary N) is 1. The van der Waals surface area contributed by atoms with Gasteiger partial charge >= 0.3 is 6.03 Å². The van der Waals surface area contributed by atoms with Crippen molar-refractivity contribution in [3.05, 3.63) is 30.0 Å². The summed E-state index contributed by atoms with van der Waals surface area (Å²) in [5.74, 6) is 0. The fourth-order valence-electron chi connectivity index (χ4n) is 1.25. The SMILES string of the molecule is N#Cc1nn(C(N)=O)c2cc[c]cc12. The van der Waals surface area contributed by atoms with Crippen molar-refractivity contribution in [2.45, 2.75) is 0 Å². The van der Waals surface area contributed by atoms with Gasteiger partial charge in [-0.05, 0) is 18.2 Å². The molecule has 1 aromatic carbocycles. The molecule has 1 radical (unpaired) electrons. The Morgan fingerprint density at radius 2 is 2.50 bits per heavy atom. The number of aromatic nitrogens is 2. The van der Waals surface area contributed by atoms with Crippen molar-refractivity contribution < 1.29 is 4.79 Å². The van der Waals surface area contributed by atoms with Crippen LogP contribution in [0.2, 0.25) is 0 Å².